The number of benzene rings is 1. The van der Waals surface area contributed by atoms with Gasteiger partial charge in [-0.15, -0.1) is 0 Å². The Labute approximate surface area is 147 Å². The highest BCUT2D eigenvalue weighted by molar-refractivity contribution is 6.04. The van der Waals surface area contributed by atoms with E-state index < -0.39 is 42.7 Å². The summed E-state index contributed by atoms with van der Waals surface area (Å²) in [7, 11) is 1.64. The van der Waals surface area contributed by atoms with Crippen molar-refractivity contribution in [1.29, 1.82) is 0 Å². The van der Waals surface area contributed by atoms with Crippen LogP contribution in [0.1, 0.15) is 20.8 Å². The summed E-state index contributed by atoms with van der Waals surface area (Å²) in [5.74, 6) is -3.56. The van der Waals surface area contributed by atoms with Crippen LogP contribution in [0.3, 0.4) is 0 Å². The number of hydrogen-bond donors (Lipinski definition) is 2. The van der Waals surface area contributed by atoms with Crippen molar-refractivity contribution in [2.24, 2.45) is 7.05 Å². The largest absolute Gasteiger partial charge is 0.454 e. The number of amides is 3. The molecule has 0 atom stereocenters. The van der Waals surface area contributed by atoms with Gasteiger partial charge in [-0.05, 0) is 30.3 Å². The van der Waals surface area contributed by atoms with Gasteiger partial charge in [0, 0.05) is 18.8 Å². The Kier molecular flexibility index (Phi) is 6.20. The topological polar surface area (TPSA) is 106 Å². The molecule has 136 valence electrons. The van der Waals surface area contributed by atoms with Gasteiger partial charge in [-0.25, -0.2) is 4.39 Å². The van der Waals surface area contributed by atoms with E-state index in [4.69, 9.17) is 0 Å². The van der Waals surface area contributed by atoms with E-state index in [1.54, 1.807) is 19.3 Å². The molecule has 1 aromatic carbocycles. The summed E-state index contributed by atoms with van der Waals surface area (Å²) in [4.78, 5) is 46.7. The number of esters is 1. The molecule has 2 aromatic rings. The van der Waals surface area contributed by atoms with Crippen LogP contribution >= 0.6 is 0 Å². The van der Waals surface area contributed by atoms with E-state index in [1.807, 2.05) is 0 Å². The molecule has 9 heteroatoms. The molecule has 0 spiro atoms. The van der Waals surface area contributed by atoms with Gasteiger partial charge in [0.1, 0.15) is 18.1 Å². The van der Waals surface area contributed by atoms with E-state index in [1.165, 1.54) is 28.8 Å². The Balaban J connectivity index is 1.73. The minimum atomic E-state index is -0.879. The van der Waals surface area contributed by atoms with Gasteiger partial charge < -0.3 is 14.6 Å². The highest BCUT2D eigenvalue weighted by Crippen LogP contribution is 2.03. The average molecular weight is 361 g/mol. The van der Waals surface area contributed by atoms with Crippen molar-refractivity contribution < 1.29 is 28.3 Å². The number of carbonyl (C=O) groups excluding carboxylic acids is 4. The van der Waals surface area contributed by atoms with Crippen molar-refractivity contribution in [2.45, 2.75) is 0 Å². The molecular weight excluding hydrogens is 345 g/mol. The fourth-order valence-electron chi connectivity index (χ4n) is 2.01. The number of rotatable bonds is 6. The lowest BCUT2D eigenvalue weighted by atomic mass is 10.2. The Morgan fingerprint density at radius 3 is 2.54 bits per heavy atom. The number of carbonyl (C=O) groups is 4. The first-order valence-corrected chi connectivity index (χ1v) is 7.51. The predicted octanol–water partition coefficient (Wildman–Crippen LogP) is 0.394. The Hall–Kier alpha value is -3.49. The first-order chi connectivity index (χ1) is 12.4. The molecule has 1 heterocycles. The zero-order valence-electron chi connectivity index (χ0n) is 13.8. The third kappa shape index (κ3) is 5.26. The van der Waals surface area contributed by atoms with Crippen molar-refractivity contribution >= 4 is 23.7 Å². The summed E-state index contributed by atoms with van der Waals surface area (Å²) in [5.41, 5.74) is 0.316. The van der Waals surface area contributed by atoms with E-state index in [0.29, 0.717) is 0 Å². The van der Waals surface area contributed by atoms with Crippen molar-refractivity contribution in [3.63, 3.8) is 0 Å². The summed E-state index contributed by atoms with van der Waals surface area (Å²) in [6.45, 7) is -1.18. The number of aromatic nitrogens is 1. The maximum atomic E-state index is 13.0. The SMILES string of the molecule is Cn1cccc1C(=O)NC(=O)COC(=O)CNC(=O)c1cccc(F)c1. The number of aryl methyl sites for hydroxylation is 1. The van der Waals surface area contributed by atoms with Crippen molar-refractivity contribution in [3.8, 4) is 0 Å². The van der Waals surface area contributed by atoms with Crippen LogP contribution in [0.5, 0.6) is 0 Å². The molecule has 8 nitrogen and oxygen atoms in total. The van der Waals surface area contributed by atoms with Crippen LogP contribution in [0.15, 0.2) is 42.6 Å². The molecule has 2 N–H and O–H groups in total. The molecule has 0 radical (unpaired) electrons. The first-order valence-electron chi connectivity index (χ1n) is 7.51. The molecule has 0 aliphatic rings. The number of nitrogens with zero attached hydrogens (tertiary/aromatic N) is 1. The third-order valence-corrected chi connectivity index (χ3v) is 3.27. The van der Waals surface area contributed by atoms with Gasteiger partial charge >= 0.3 is 5.97 Å². The fraction of sp³-hybridized carbons (Fsp3) is 0.176. The predicted molar refractivity (Wildman–Crippen MR) is 87.6 cm³/mol. The number of imide groups is 1. The van der Waals surface area contributed by atoms with Gasteiger partial charge in [0.15, 0.2) is 6.61 Å². The Bertz CT molecular complexity index is 846. The minimum Gasteiger partial charge on any atom is -0.454 e. The number of nitrogens with one attached hydrogen (secondary N) is 2. The Morgan fingerprint density at radius 1 is 1.12 bits per heavy atom. The molecule has 26 heavy (non-hydrogen) atoms. The zero-order valence-corrected chi connectivity index (χ0v) is 13.8. The molecule has 2 rings (SSSR count). The molecule has 0 aliphatic heterocycles. The van der Waals surface area contributed by atoms with Crippen molar-refractivity contribution in [3.05, 3.63) is 59.7 Å². The van der Waals surface area contributed by atoms with Gasteiger partial charge in [-0.1, -0.05) is 6.07 Å². The molecule has 3 amide bonds. The van der Waals surface area contributed by atoms with Crippen LogP contribution in [0, 0.1) is 5.82 Å². The van der Waals surface area contributed by atoms with Crippen molar-refractivity contribution in [2.75, 3.05) is 13.2 Å². The second-order valence-corrected chi connectivity index (χ2v) is 5.24. The molecule has 1 aromatic heterocycles. The van der Waals surface area contributed by atoms with Crippen LogP contribution in [-0.4, -0.2) is 41.4 Å². The summed E-state index contributed by atoms with van der Waals surface area (Å²) in [6.07, 6.45) is 1.64. The van der Waals surface area contributed by atoms with Gasteiger partial charge in [0.25, 0.3) is 17.7 Å². The maximum Gasteiger partial charge on any atom is 0.325 e. The fourth-order valence-corrected chi connectivity index (χ4v) is 2.01. The summed E-state index contributed by atoms with van der Waals surface area (Å²) in [6, 6.07) is 8.10. The molecule has 0 saturated heterocycles. The zero-order chi connectivity index (χ0) is 19.1. The highest BCUT2D eigenvalue weighted by Gasteiger charge is 2.15. The van der Waals surface area contributed by atoms with E-state index in [-0.39, 0.29) is 11.3 Å². The van der Waals surface area contributed by atoms with Crippen LogP contribution in [0.2, 0.25) is 0 Å². The van der Waals surface area contributed by atoms with Crippen LogP contribution in [0.4, 0.5) is 4.39 Å². The molecule has 0 bridgehead atoms. The normalized spacial score (nSPS) is 10.1. The molecule has 0 fully saturated rings. The molecule has 0 aliphatic carbocycles. The van der Waals surface area contributed by atoms with Gasteiger partial charge in [-0.2, -0.15) is 0 Å². The maximum absolute atomic E-state index is 13.0. The quantitative estimate of drug-likeness (QED) is 0.724. The molecular formula is C17H16FN3O5. The lowest BCUT2D eigenvalue weighted by molar-refractivity contribution is -0.147. The minimum absolute atomic E-state index is 0.0451. The van der Waals surface area contributed by atoms with Gasteiger partial charge in [0.05, 0.1) is 0 Å². The van der Waals surface area contributed by atoms with E-state index in [2.05, 4.69) is 15.4 Å². The van der Waals surface area contributed by atoms with Crippen molar-refractivity contribution in [1.82, 2.24) is 15.2 Å². The van der Waals surface area contributed by atoms with Gasteiger partial charge in [0.2, 0.25) is 0 Å². The highest BCUT2D eigenvalue weighted by atomic mass is 19.1. The lowest BCUT2D eigenvalue weighted by Gasteiger charge is -2.07. The average Bonchev–Trinajstić information content (AvgIpc) is 3.04. The number of ether oxygens (including phenoxy) is 1. The van der Waals surface area contributed by atoms with Crippen LogP contribution in [-0.2, 0) is 21.4 Å². The summed E-state index contributed by atoms with van der Waals surface area (Å²) < 4.78 is 19.2. The van der Waals surface area contributed by atoms with E-state index in [9.17, 15) is 23.6 Å². The van der Waals surface area contributed by atoms with E-state index in [0.717, 1.165) is 6.07 Å². The van der Waals surface area contributed by atoms with Gasteiger partial charge in [-0.3, -0.25) is 24.5 Å². The number of hydrogen-bond acceptors (Lipinski definition) is 5. The molecule has 0 saturated carbocycles. The van der Waals surface area contributed by atoms with Crippen LogP contribution in [0.25, 0.3) is 0 Å². The summed E-state index contributed by atoms with van der Waals surface area (Å²) >= 11 is 0. The monoisotopic (exact) mass is 361 g/mol. The molecule has 0 unspecified atom stereocenters. The summed E-state index contributed by atoms with van der Waals surface area (Å²) in [5, 5.41) is 4.31. The lowest BCUT2D eigenvalue weighted by Crippen LogP contribution is -2.37. The Morgan fingerprint density at radius 2 is 1.88 bits per heavy atom. The second-order valence-electron chi connectivity index (χ2n) is 5.24. The smallest absolute Gasteiger partial charge is 0.325 e. The van der Waals surface area contributed by atoms with E-state index >= 15 is 0 Å². The standard InChI is InChI=1S/C17H16FN3O5/c1-21-7-3-6-13(21)17(25)20-14(22)10-26-15(23)9-19-16(24)11-4-2-5-12(18)8-11/h2-8H,9-10H2,1H3,(H,19,24)(H,20,22,25). The first kappa shape index (κ1) is 18.8. The van der Waals surface area contributed by atoms with Crippen LogP contribution < -0.4 is 10.6 Å². The second kappa shape index (κ2) is 8.56. The third-order valence-electron chi connectivity index (χ3n) is 3.27. The number of halogens is 1.